The van der Waals surface area contributed by atoms with Gasteiger partial charge in [-0.25, -0.2) is 8.42 Å². The number of carbonyl (C=O) groups is 1. The minimum Gasteiger partial charge on any atom is -0.396 e. The van der Waals surface area contributed by atoms with Gasteiger partial charge in [0.2, 0.25) is 15.9 Å². The van der Waals surface area contributed by atoms with E-state index in [1.165, 1.54) is 4.31 Å². The summed E-state index contributed by atoms with van der Waals surface area (Å²) in [6, 6.07) is -0.0488. The van der Waals surface area contributed by atoms with Gasteiger partial charge >= 0.3 is 0 Å². The van der Waals surface area contributed by atoms with Crippen LogP contribution < -0.4 is 5.32 Å². The molecule has 0 unspecified atom stereocenters. The Bertz CT molecular complexity index is 377. The molecule has 6 nitrogen and oxygen atoms in total. The van der Waals surface area contributed by atoms with Crippen LogP contribution in [-0.2, 0) is 14.8 Å². The topological polar surface area (TPSA) is 86.7 Å². The Morgan fingerprint density at radius 1 is 1.32 bits per heavy atom. The van der Waals surface area contributed by atoms with Gasteiger partial charge in [-0.15, -0.1) is 0 Å². The number of carbonyl (C=O) groups excluding carboxylic acids is 1. The number of aliphatic hydroxyl groups excluding tert-OH is 1. The lowest BCUT2D eigenvalue weighted by Gasteiger charge is -2.31. The summed E-state index contributed by atoms with van der Waals surface area (Å²) < 4.78 is 24.9. The zero-order valence-electron chi connectivity index (χ0n) is 11.5. The van der Waals surface area contributed by atoms with Crippen molar-refractivity contribution < 1.29 is 18.3 Å². The molecule has 0 aromatic carbocycles. The molecule has 1 aliphatic carbocycles. The Labute approximate surface area is 115 Å². The van der Waals surface area contributed by atoms with Gasteiger partial charge in [0.05, 0.1) is 12.8 Å². The average Bonchev–Trinajstić information content (AvgIpc) is 2.36. The van der Waals surface area contributed by atoms with Crippen LogP contribution in [0.1, 0.15) is 38.5 Å². The van der Waals surface area contributed by atoms with Crippen LogP contribution in [0.4, 0.5) is 0 Å². The van der Waals surface area contributed by atoms with Gasteiger partial charge in [0.1, 0.15) is 0 Å². The summed E-state index contributed by atoms with van der Waals surface area (Å²) in [5.74, 6) is -0.301. The van der Waals surface area contributed by atoms with Crippen molar-refractivity contribution in [2.24, 2.45) is 0 Å². The molecule has 1 amide bonds. The molecule has 19 heavy (non-hydrogen) atoms. The summed E-state index contributed by atoms with van der Waals surface area (Å²) in [5.41, 5.74) is 0. The zero-order chi connectivity index (χ0) is 14.3. The molecule has 0 aromatic heterocycles. The highest BCUT2D eigenvalue weighted by Crippen LogP contribution is 2.24. The van der Waals surface area contributed by atoms with E-state index in [4.69, 9.17) is 5.11 Å². The van der Waals surface area contributed by atoms with Crippen molar-refractivity contribution in [1.82, 2.24) is 9.62 Å². The first-order valence-corrected chi connectivity index (χ1v) is 8.64. The van der Waals surface area contributed by atoms with E-state index in [2.05, 4.69) is 5.32 Å². The van der Waals surface area contributed by atoms with Gasteiger partial charge in [-0.05, 0) is 19.3 Å². The van der Waals surface area contributed by atoms with Crippen molar-refractivity contribution in [3.05, 3.63) is 0 Å². The van der Waals surface area contributed by atoms with Gasteiger partial charge < -0.3 is 10.4 Å². The second kappa shape index (κ2) is 7.81. The second-order valence-corrected chi connectivity index (χ2v) is 6.96. The van der Waals surface area contributed by atoms with Crippen molar-refractivity contribution in [2.75, 3.05) is 26.0 Å². The van der Waals surface area contributed by atoms with E-state index in [-0.39, 0.29) is 25.1 Å². The summed E-state index contributed by atoms with van der Waals surface area (Å²) in [6.45, 7) is 0.269. The van der Waals surface area contributed by atoms with E-state index in [1.54, 1.807) is 0 Å². The zero-order valence-corrected chi connectivity index (χ0v) is 12.3. The average molecular weight is 292 g/mol. The number of aliphatic hydroxyl groups is 1. The van der Waals surface area contributed by atoms with Gasteiger partial charge in [-0.3, -0.25) is 4.79 Å². The number of hydrogen-bond acceptors (Lipinski definition) is 4. The van der Waals surface area contributed by atoms with E-state index in [9.17, 15) is 13.2 Å². The van der Waals surface area contributed by atoms with Gasteiger partial charge in [-0.2, -0.15) is 4.31 Å². The second-order valence-electron chi connectivity index (χ2n) is 5.03. The molecular weight excluding hydrogens is 268 g/mol. The maximum atomic E-state index is 11.8. The van der Waals surface area contributed by atoms with Crippen LogP contribution in [0, 0.1) is 0 Å². The fourth-order valence-electron chi connectivity index (χ4n) is 2.39. The lowest BCUT2D eigenvalue weighted by molar-refractivity contribution is -0.121. The molecule has 1 rings (SSSR count). The molecule has 0 spiro atoms. The highest BCUT2D eigenvalue weighted by Gasteiger charge is 2.29. The molecule has 0 bridgehead atoms. The summed E-state index contributed by atoms with van der Waals surface area (Å²) in [4.78, 5) is 11.7. The Kier molecular flexibility index (Phi) is 6.74. The van der Waals surface area contributed by atoms with Crippen molar-refractivity contribution in [1.29, 1.82) is 0 Å². The molecule has 112 valence electrons. The van der Waals surface area contributed by atoms with Crippen LogP contribution in [0.15, 0.2) is 0 Å². The Morgan fingerprint density at radius 2 is 1.95 bits per heavy atom. The number of nitrogens with zero attached hydrogens (tertiary/aromatic N) is 1. The van der Waals surface area contributed by atoms with Crippen LogP contribution in [0.2, 0.25) is 0 Å². The predicted octanol–water partition coefficient (Wildman–Crippen LogP) is 0.0793. The monoisotopic (exact) mass is 292 g/mol. The van der Waals surface area contributed by atoms with E-state index in [0.717, 1.165) is 38.4 Å². The number of rotatable bonds is 7. The Morgan fingerprint density at radius 3 is 2.47 bits per heavy atom. The molecule has 0 heterocycles. The van der Waals surface area contributed by atoms with Crippen molar-refractivity contribution in [3.63, 3.8) is 0 Å². The molecule has 0 radical (unpaired) electrons. The summed E-state index contributed by atoms with van der Waals surface area (Å²) >= 11 is 0. The first-order chi connectivity index (χ1) is 8.95. The molecule has 1 aliphatic rings. The first kappa shape index (κ1) is 16.4. The lowest BCUT2D eigenvalue weighted by atomic mass is 9.95. The van der Waals surface area contributed by atoms with E-state index >= 15 is 0 Å². The van der Waals surface area contributed by atoms with Crippen molar-refractivity contribution >= 4 is 15.9 Å². The fourth-order valence-corrected chi connectivity index (χ4v) is 3.49. The fraction of sp³-hybridized carbons (Fsp3) is 0.917. The molecule has 2 N–H and O–H groups in total. The summed E-state index contributed by atoms with van der Waals surface area (Å²) in [5, 5.41) is 11.3. The third-order valence-corrected chi connectivity index (χ3v) is 4.64. The molecule has 1 saturated carbocycles. The van der Waals surface area contributed by atoms with Crippen molar-refractivity contribution in [2.45, 2.75) is 44.6 Å². The van der Waals surface area contributed by atoms with Crippen LogP contribution >= 0.6 is 0 Å². The minimum absolute atomic E-state index is 0.0126. The first-order valence-electron chi connectivity index (χ1n) is 6.79. The van der Waals surface area contributed by atoms with Gasteiger partial charge in [0, 0.05) is 19.2 Å². The normalized spacial score (nSPS) is 17.6. The van der Waals surface area contributed by atoms with E-state index < -0.39 is 10.0 Å². The number of amides is 1. The maximum Gasteiger partial charge on any atom is 0.235 e. The molecule has 0 atom stereocenters. The lowest BCUT2D eigenvalue weighted by Crippen LogP contribution is -2.46. The van der Waals surface area contributed by atoms with E-state index in [0.29, 0.717) is 13.0 Å². The highest BCUT2D eigenvalue weighted by atomic mass is 32.2. The van der Waals surface area contributed by atoms with Crippen LogP contribution in [0.3, 0.4) is 0 Å². The predicted molar refractivity (Wildman–Crippen MR) is 73.1 cm³/mol. The number of hydrogen-bond donors (Lipinski definition) is 2. The highest BCUT2D eigenvalue weighted by molar-refractivity contribution is 7.88. The number of sulfonamides is 1. The standard InChI is InChI=1S/C12H24N2O4S/c1-19(17,18)14(11-6-3-2-4-7-11)10-12(16)13-8-5-9-15/h11,15H,2-10H2,1H3,(H,13,16). The molecule has 1 fully saturated rings. The smallest absolute Gasteiger partial charge is 0.235 e. The molecule has 0 aliphatic heterocycles. The molecule has 0 saturated heterocycles. The maximum absolute atomic E-state index is 11.8. The SMILES string of the molecule is CS(=O)(=O)N(CC(=O)NCCCO)C1CCCCC1. The van der Waals surface area contributed by atoms with Gasteiger partial charge in [0.15, 0.2) is 0 Å². The summed E-state index contributed by atoms with van der Waals surface area (Å²) in [7, 11) is -3.37. The molecule has 0 aromatic rings. The Hall–Kier alpha value is -0.660. The number of nitrogens with one attached hydrogen (secondary N) is 1. The van der Waals surface area contributed by atoms with Crippen LogP contribution in [0.5, 0.6) is 0 Å². The third-order valence-electron chi connectivity index (χ3n) is 3.36. The Balaban J connectivity index is 2.57. The van der Waals surface area contributed by atoms with Crippen molar-refractivity contribution in [3.8, 4) is 0 Å². The quantitative estimate of drug-likeness (QED) is 0.651. The van der Waals surface area contributed by atoms with Crippen LogP contribution in [0.25, 0.3) is 0 Å². The largest absolute Gasteiger partial charge is 0.396 e. The van der Waals surface area contributed by atoms with Gasteiger partial charge in [0.25, 0.3) is 0 Å². The molecular formula is C12H24N2O4S. The minimum atomic E-state index is -3.37. The molecule has 7 heteroatoms. The van der Waals surface area contributed by atoms with Crippen LogP contribution in [-0.4, -0.2) is 55.7 Å². The third kappa shape index (κ3) is 5.88. The van der Waals surface area contributed by atoms with Gasteiger partial charge in [-0.1, -0.05) is 19.3 Å². The summed E-state index contributed by atoms with van der Waals surface area (Å²) in [6.07, 6.45) is 6.47. The van der Waals surface area contributed by atoms with E-state index in [1.807, 2.05) is 0 Å².